The topological polar surface area (TPSA) is 63.6 Å². The number of thiol groups is 1. The van der Waals surface area contributed by atoms with Gasteiger partial charge in [0.1, 0.15) is 6.61 Å². The third-order valence-electron chi connectivity index (χ3n) is 1.93. The average Bonchev–Trinajstić information content (AvgIpc) is 2.25. The van der Waals surface area contributed by atoms with Crippen LogP contribution in [0.3, 0.4) is 0 Å². The van der Waals surface area contributed by atoms with Crippen molar-refractivity contribution in [2.24, 2.45) is 0 Å². The van der Waals surface area contributed by atoms with Crippen LogP contribution in [0.4, 0.5) is 0 Å². The van der Waals surface area contributed by atoms with Crippen LogP contribution in [0, 0.1) is 0 Å². The Morgan fingerprint density at radius 1 is 1.29 bits per heavy atom. The minimum absolute atomic E-state index is 0.0533. The zero-order valence-electron chi connectivity index (χ0n) is 9.64. The molecule has 0 heterocycles. The first-order valence-electron chi connectivity index (χ1n) is 5.03. The van der Waals surface area contributed by atoms with Crippen molar-refractivity contribution in [1.82, 2.24) is 0 Å². The molecule has 0 aliphatic heterocycles. The van der Waals surface area contributed by atoms with Gasteiger partial charge < -0.3 is 9.84 Å². The summed E-state index contributed by atoms with van der Waals surface area (Å²) < 4.78 is 4.55. The van der Waals surface area contributed by atoms with Crippen LogP contribution in [-0.4, -0.2) is 28.4 Å². The Balaban J connectivity index is 2.86. The van der Waals surface area contributed by atoms with Crippen molar-refractivity contribution in [1.29, 1.82) is 0 Å². The number of carbonyl (C=O) groups excluding carboxylic acids is 1. The predicted octanol–water partition coefficient (Wildman–Crippen LogP) is 2.25. The summed E-state index contributed by atoms with van der Waals surface area (Å²) in [5.41, 5.74) is -0.00736. The molecule has 0 atom stereocenters. The second-order valence-corrected chi connectivity index (χ2v) is 5.45. The quantitative estimate of drug-likeness (QED) is 0.639. The van der Waals surface area contributed by atoms with Crippen molar-refractivity contribution in [3.8, 4) is 0 Å². The summed E-state index contributed by atoms with van der Waals surface area (Å²) in [6.45, 7) is 3.71. The van der Waals surface area contributed by atoms with Gasteiger partial charge in [0.25, 0.3) is 0 Å². The number of ether oxygens (including phenoxy) is 1. The van der Waals surface area contributed by atoms with E-state index in [2.05, 4.69) is 12.6 Å². The Hall–Kier alpha value is -1.49. The van der Waals surface area contributed by atoms with Crippen LogP contribution < -0.4 is 0 Å². The summed E-state index contributed by atoms with van der Waals surface area (Å²) in [4.78, 5) is 22.6. The first kappa shape index (κ1) is 13.6. The lowest BCUT2D eigenvalue weighted by atomic mass is 10.1. The highest BCUT2D eigenvalue weighted by atomic mass is 32.1. The van der Waals surface area contributed by atoms with Crippen molar-refractivity contribution in [2.45, 2.75) is 18.6 Å². The highest BCUT2D eigenvalue weighted by molar-refractivity contribution is 7.81. The lowest BCUT2D eigenvalue weighted by Crippen LogP contribution is -2.23. The molecule has 0 aliphatic carbocycles. The largest absolute Gasteiger partial charge is 0.478 e. The van der Waals surface area contributed by atoms with E-state index in [0.717, 1.165) is 0 Å². The molecule has 0 saturated heterocycles. The van der Waals surface area contributed by atoms with E-state index < -0.39 is 16.7 Å². The van der Waals surface area contributed by atoms with E-state index in [-0.39, 0.29) is 17.7 Å². The standard InChI is InChI=1S/C12H14O4S/c1-12(2,17)7-16-11(15)9-6-4-3-5-8(9)10(13)14/h3-6,17H,7H2,1-2H3,(H,13,14). The summed E-state index contributed by atoms with van der Waals surface area (Å²) in [6, 6.07) is 5.94. The fourth-order valence-electron chi connectivity index (χ4n) is 1.17. The first-order valence-corrected chi connectivity index (χ1v) is 5.48. The van der Waals surface area contributed by atoms with E-state index in [1.54, 1.807) is 26.0 Å². The number of benzene rings is 1. The predicted molar refractivity (Wildman–Crippen MR) is 66.7 cm³/mol. The number of carboxylic acid groups (broad SMARTS) is 1. The molecule has 0 bridgehead atoms. The maximum atomic E-state index is 11.7. The average molecular weight is 254 g/mol. The molecule has 0 aliphatic rings. The fourth-order valence-corrected chi connectivity index (χ4v) is 1.23. The molecule has 4 nitrogen and oxygen atoms in total. The van der Waals surface area contributed by atoms with Gasteiger partial charge in [-0.15, -0.1) is 0 Å². The number of carboxylic acids is 1. The van der Waals surface area contributed by atoms with Crippen LogP contribution >= 0.6 is 12.6 Å². The Morgan fingerprint density at radius 3 is 2.29 bits per heavy atom. The van der Waals surface area contributed by atoms with E-state index in [9.17, 15) is 9.59 Å². The molecule has 0 spiro atoms. The van der Waals surface area contributed by atoms with Gasteiger partial charge in [0, 0.05) is 4.75 Å². The van der Waals surface area contributed by atoms with E-state index >= 15 is 0 Å². The highest BCUT2D eigenvalue weighted by Crippen LogP contribution is 2.15. The van der Waals surface area contributed by atoms with Crippen molar-refractivity contribution >= 4 is 24.6 Å². The van der Waals surface area contributed by atoms with Gasteiger partial charge in [-0.2, -0.15) is 12.6 Å². The van der Waals surface area contributed by atoms with Gasteiger partial charge in [-0.05, 0) is 26.0 Å². The van der Waals surface area contributed by atoms with Gasteiger partial charge in [0.05, 0.1) is 11.1 Å². The van der Waals surface area contributed by atoms with Gasteiger partial charge in [0.15, 0.2) is 0 Å². The second kappa shape index (κ2) is 5.23. The Morgan fingerprint density at radius 2 is 1.82 bits per heavy atom. The van der Waals surface area contributed by atoms with Gasteiger partial charge in [-0.3, -0.25) is 0 Å². The van der Waals surface area contributed by atoms with Gasteiger partial charge >= 0.3 is 11.9 Å². The van der Waals surface area contributed by atoms with E-state index in [0.29, 0.717) is 0 Å². The Labute approximate surface area is 105 Å². The summed E-state index contributed by atoms with van der Waals surface area (Å²) in [5.74, 6) is -1.80. The second-order valence-electron chi connectivity index (χ2n) is 4.24. The SMILES string of the molecule is CC(C)(S)COC(=O)c1ccccc1C(=O)O. The molecule has 17 heavy (non-hydrogen) atoms. The van der Waals surface area contributed by atoms with Crippen LogP contribution in [0.15, 0.2) is 24.3 Å². The number of esters is 1. The number of hydrogen-bond donors (Lipinski definition) is 2. The molecular formula is C12H14O4S. The third-order valence-corrected chi connectivity index (χ3v) is 2.06. The van der Waals surface area contributed by atoms with Crippen LogP contribution in [0.25, 0.3) is 0 Å². The fraction of sp³-hybridized carbons (Fsp3) is 0.333. The zero-order chi connectivity index (χ0) is 13.1. The minimum Gasteiger partial charge on any atom is -0.478 e. The summed E-state index contributed by atoms with van der Waals surface area (Å²) in [5, 5.41) is 8.92. The lowest BCUT2D eigenvalue weighted by Gasteiger charge is -2.17. The number of aromatic carboxylic acids is 1. The van der Waals surface area contributed by atoms with Crippen LogP contribution in [0.1, 0.15) is 34.6 Å². The first-order chi connectivity index (χ1) is 7.81. The lowest BCUT2D eigenvalue weighted by molar-refractivity contribution is 0.0469. The molecule has 0 unspecified atom stereocenters. The van der Waals surface area contributed by atoms with Crippen molar-refractivity contribution in [2.75, 3.05) is 6.61 Å². The van der Waals surface area contributed by atoms with Crippen molar-refractivity contribution in [3.63, 3.8) is 0 Å². The third kappa shape index (κ3) is 4.11. The smallest absolute Gasteiger partial charge is 0.339 e. The monoisotopic (exact) mass is 254 g/mol. The molecular weight excluding hydrogens is 240 g/mol. The maximum absolute atomic E-state index is 11.7. The van der Waals surface area contributed by atoms with E-state index in [4.69, 9.17) is 9.84 Å². The van der Waals surface area contributed by atoms with E-state index in [1.807, 2.05) is 0 Å². The Bertz CT molecular complexity index is 434. The summed E-state index contributed by atoms with van der Waals surface area (Å²) in [7, 11) is 0. The molecule has 0 aromatic heterocycles. The highest BCUT2D eigenvalue weighted by Gasteiger charge is 2.20. The number of rotatable bonds is 4. The molecule has 1 rings (SSSR count). The molecule has 1 aromatic carbocycles. The summed E-state index contributed by atoms with van der Waals surface area (Å²) >= 11 is 4.21. The van der Waals surface area contributed by atoms with Crippen LogP contribution in [0.2, 0.25) is 0 Å². The molecule has 0 amide bonds. The summed E-state index contributed by atoms with van der Waals surface area (Å²) in [6.07, 6.45) is 0. The molecule has 5 heteroatoms. The van der Waals surface area contributed by atoms with Crippen LogP contribution in [0.5, 0.6) is 0 Å². The van der Waals surface area contributed by atoms with Gasteiger partial charge in [-0.1, -0.05) is 12.1 Å². The number of carbonyl (C=O) groups is 2. The minimum atomic E-state index is -1.15. The zero-order valence-corrected chi connectivity index (χ0v) is 10.5. The van der Waals surface area contributed by atoms with E-state index in [1.165, 1.54) is 12.1 Å². The molecule has 0 radical (unpaired) electrons. The number of hydrogen-bond acceptors (Lipinski definition) is 4. The normalized spacial score (nSPS) is 11.0. The van der Waals surface area contributed by atoms with Crippen molar-refractivity contribution < 1.29 is 19.4 Å². The molecule has 0 fully saturated rings. The van der Waals surface area contributed by atoms with Crippen molar-refractivity contribution in [3.05, 3.63) is 35.4 Å². The van der Waals surface area contributed by atoms with Gasteiger partial charge in [-0.25, -0.2) is 9.59 Å². The van der Waals surface area contributed by atoms with Gasteiger partial charge in [0.2, 0.25) is 0 Å². The molecule has 1 N–H and O–H groups in total. The molecule has 1 aromatic rings. The molecule has 0 saturated carbocycles. The maximum Gasteiger partial charge on any atom is 0.339 e. The Kier molecular flexibility index (Phi) is 4.17. The molecule has 92 valence electrons. The van der Waals surface area contributed by atoms with Crippen LogP contribution in [-0.2, 0) is 4.74 Å².